The zero-order valence-corrected chi connectivity index (χ0v) is 11.5. The number of carbonyl (C=O) groups is 1. The van der Waals surface area contributed by atoms with Crippen LogP contribution in [0, 0.1) is 5.41 Å². The average Bonchev–Trinajstić information content (AvgIpc) is 2.99. The van der Waals surface area contributed by atoms with Crippen molar-refractivity contribution in [1.29, 1.82) is 0 Å². The number of Topliss-reactive ketones (excluding diaryl/α,β-unsaturated/α-hetero) is 1. The van der Waals surface area contributed by atoms with Gasteiger partial charge in [-0.25, -0.2) is 0 Å². The van der Waals surface area contributed by atoms with Crippen LogP contribution in [0.1, 0.15) is 45.0 Å². The van der Waals surface area contributed by atoms with Crippen molar-refractivity contribution in [2.45, 2.75) is 53.0 Å². The minimum absolute atomic E-state index is 0.0848. The second-order valence-corrected chi connectivity index (χ2v) is 5.42. The molecule has 2 rings (SSSR count). The quantitative estimate of drug-likeness (QED) is 0.810. The number of nitrogens with zero attached hydrogens (tertiary/aromatic N) is 2. The first-order valence-electron chi connectivity index (χ1n) is 6.29. The Hall–Kier alpha value is -0.830. The van der Waals surface area contributed by atoms with Crippen molar-refractivity contribution in [2.75, 3.05) is 0 Å². The lowest BCUT2D eigenvalue weighted by Gasteiger charge is -2.08. The molecule has 0 saturated heterocycles. The van der Waals surface area contributed by atoms with Gasteiger partial charge in [0.1, 0.15) is 5.78 Å². The monoisotopic (exact) mass is 254 g/mol. The largest absolute Gasteiger partial charge is 0.299 e. The van der Waals surface area contributed by atoms with E-state index >= 15 is 0 Å². The SMILES string of the molecule is CCc1nn(CC)c(CC(=O)C2(C)CC2)c1Cl. The van der Waals surface area contributed by atoms with Crippen molar-refractivity contribution < 1.29 is 4.79 Å². The molecule has 0 atom stereocenters. The summed E-state index contributed by atoms with van der Waals surface area (Å²) >= 11 is 6.29. The normalized spacial score (nSPS) is 17.2. The van der Waals surface area contributed by atoms with Gasteiger partial charge in [0.15, 0.2) is 0 Å². The van der Waals surface area contributed by atoms with E-state index in [0.29, 0.717) is 17.2 Å². The van der Waals surface area contributed by atoms with E-state index in [1.165, 1.54) is 0 Å². The second-order valence-electron chi connectivity index (χ2n) is 5.04. The van der Waals surface area contributed by atoms with Gasteiger partial charge in [0.2, 0.25) is 0 Å². The first-order chi connectivity index (χ1) is 8.01. The van der Waals surface area contributed by atoms with Crippen LogP contribution in [0.25, 0.3) is 0 Å². The molecule has 0 N–H and O–H groups in total. The maximum absolute atomic E-state index is 12.1. The third-order valence-electron chi connectivity index (χ3n) is 3.70. The number of rotatable bonds is 5. The summed E-state index contributed by atoms with van der Waals surface area (Å²) in [7, 11) is 0. The number of hydrogen-bond donors (Lipinski definition) is 0. The van der Waals surface area contributed by atoms with Crippen molar-refractivity contribution in [1.82, 2.24) is 9.78 Å². The molecule has 1 heterocycles. The molecule has 4 heteroatoms. The first kappa shape index (κ1) is 12.6. The van der Waals surface area contributed by atoms with Crippen molar-refractivity contribution >= 4 is 17.4 Å². The Kier molecular flexibility index (Phi) is 3.30. The van der Waals surface area contributed by atoms with E-state index in [0.717, 1.165) is 37.2 Å². The molecule has 0 unspecified atom stereocenters. The molecule has 0 radical (unpaired) electrons. The number of halogens is 1. The average molecular weight is 255 g/mol. The molecule has 3 nitrogen and oxygen atoms in total. The number of aromatic nitrogens is 2. The maximum Gasteiger partial charge on any atom is 0.144 e. The Morgan fingerprint density at radius 1 is 1.47 bits per heavy atom. The second kappa shape index (κ2) is 4.45. The minimum Gasteiger partial charge on any atom is -0.299 e. The molecule has 0 bridgehead atoms. The highest BCUT2D eigenvalue weighted by Gasteiger charge is 2.44. The molecule has 0 spiro atoms. The Morgan fingerprint density at radius 3 is 2.59 bits per heavy atom. The molecule has 1 aromatic rings. The fraction of sp³-hybridized carbons (Fsp3) is 0.692. The van der Waals surface area contributed by atoms with Crippen LogP contribution in [0.5, 0.6) is 0 Å². The fourth-order valence-corrected chi connectivity index (χ4v) is 2.35. The summed E-state index contributed by atoms with van der Waals surface area (Å²) in [6.45, 7) is 6.85. The summed E-state index contributed by atoms with van der Waals surface area (Å²) < 4.78 is 1.87. The van der Waals surface area contributed by atoms with Gasteiger partial charge in [-0.2, -0.15) is 5.10 Å². The highest BCUT2D eigenvalue weighted by molar-refractivity contribution is 6.32. The molecule has 17 heavy (non-hydrogen) atoms. The van der Waals surface area contributed by atoms with Crippen LogP contribution in [0.2, 0.25) is 5.02 Å². The van der Waals surface area contributed by atoms with Crippen LogP contribution in [0.4, 0.5) is 0 Å². The van der Waals surface area contributed by atoms with E-state index in [1.54, 1.807) is 0 Å². The van der Waals surface area contributed by atoms with E-state index < -0.39 is 0 Å². The van der Waals surface area contributed by atoms with Gasteiger partial charge in [-0.3, -0.25) is 9.48 Å². The highest BCUT2D eigenvalue weighted by atomic mass is 35.5. The predicted molar refractivity (Wildman–Crippen MR) is 68.3 cm³/mol. The van der Waals surface area contributed by atoms with Crippen LogP contribution < -0.4 is 0 Å². The van der Waals surface area contributed by atoms with Crippen molar-refractivity contribution in [3.8, 4) is 0 Å². The Balaban J connectivity index is 2.25. The van der Waals surface area contributed by atoms with Gasteiger partial charge in [-0.1, -0.05) is 25.4 Å². The van der Waals surface area contributed by atoms with Crippen molar-refractivity contribution in [2.24, 2.45) is 5.41 Å². The smallest absolute Gasteiger partial charge is 0.144 e. The minimum atomic E-state index is -0.0848. The molecular weight excluding hydrogens is 236 g/mol. The first-order valence-corrected chi connectivity index (χ1v) is 6.67. The molecule has 1 aliphatic carbocycles. The molecule has 0 amide bonds. The van der Waals surface area contributed by atoms with Crippen LogP contribution in [-0.4, -0.2) is 15.6 Å². The predicted octanol–water partition coefficient (Wildman–Crippen LogP) is 3.03. The van der Waals surface area contributed by atoms with Gasteiger partial charge in [0.25, 0.3) is 0 Å². The van der Waals surface area contributed by atoms with Gasteiger partial charge in [-0.05, 0) is 26.2 Å². The topological polar surface area (TPSA) is 34.9 Å². The third kappa shape index (κ3) is 2.25. The van der Waals surface area contributed by atoms with Crippen LogP contribution in [-0.2, 0) is 24.2 Å². The fourth-order valence-electron chi connectivity index (χ4n) is 2.02. The Bertz CT molecular complexity index is 447. The number of hydrogen-bond acceptors (Lipinski definition) is 2. The van der Waals surface area contributed by atoms with Gasteiger partial charge in [0, 0.05) is 12.0 Å². The summed E-state index contributed by atoms with van der Waals surface area (Å²) in [5, 5.41) is 5.12. The summed E-state index contributed by atoms with van der Waals surface area (Å²) in [6, 6.07) is 0. The molecule has 0 aliphatic heterocycles. The molecule has 94 valence electrons. The summed E-state index contributed by atoms with van der Waals surface area (Å²) in [5.41, 5.74) is 1.71. The zero-order valence-electron chi connectivity index (χ0n) is 10.7. The third-order valence-corrected chi connectivity index (χ3v) is 4.13. The number of aryl methyl sites for hydroxylation is 2. The van der Waals surface area contributed by atoms with Crippen LogP contribution in [0.3, 0.4) is 0 Å². The van der Waals surface area contributed by atoms with Crippen molar-refractivity contribution in [3.05, 3.63) is 16.4 Å². The Morgan fingerprint density at radius 2 is 2.12 bits per heavy atom. The molecule has 1 aromatic heterocycles. The van der Waals surface area contributed by atoms with E-state index in [-0.39, 0.29) is 5.41 Å². The summed E-state index contributed by atoms with van der Waals surface area (Å²) in [5.74, 6) is 0.302. The van der Waals surface area contributed by atoms with E-state index in [2.05, 4.69) is 5.10 Å². The van der Waals surface area contributed by atoms with Crippen LogP contribution >= 0.6 is 11.6 Å². The lowest BCUT2D eigenvalue weighted by Crippen LogP contribution is -2.17. The van der Waals surface area contributed by atoms with Gasteiger partial charge in [0.05, 0.1) is 22.8 Å². The maximum atomic E-state index is 12.1. The zero-order chi connectivity index (χ0) is 12.6. The van der Waals surface area contributed by atoms with Crippen LogP contribution in [0.15, 0.2) is 0 Å². The highest BCUT2D eigenvalue weighted by Crippen LogP contribution is 2.46. The standard InChI is InChI=1S/C13H19ClN2O/c1-4-9-12(14)10(16(5-2)15-9)8-11(17)13(3)6-7-13/h4-8H2,1-3H3. The lowest BCUT2D eigenvalue weighted by atomic mass is 9.99. The molecular formula is C13H19ClN2O. The van der Waals surface area contributed by atoms with Gasteiger partial charge >= 0.3 is 0 Å². The Labute approximate surface area is 107 Å². The number of ketones is 1. The van der Waals surface area contributed by atoms with E-state index in [9.17, 15) is 4.79 Å². The molecule has 0 aromatic carbocycles. The summed E-state index contributed by atoms with van der Waals surface area (Å²) in [4.78, 5) is 12.1. The lowest BCUT2D eigenvalue weighted by molar-refractivity contribution is -0.123. The number of carbonyl (C=O) groups excluding carboxylic acids is 1. The van der Waals surface area contributed by atoms with Crippen molar-refractivity contribution in [3.63, 3.8) is 0 Å². The van der Waals surface area contributed by atoms with Gasteiger partial charge < -0.3 is 0 Å². The van der Waals surface area contributed by atoms with E-state index in [4.69, 9.17) is 11.6 Å². The van der Waals surface area contributed by atoms with Gasteiger partial charge in [-0.15, -0.1) is 0 Å². The summed E-state index contributed by atoms with van der Waals surface area (Å²) in [6.07, 6.45) is 3.27. The molecule has 1 aliphatic rings. The molecule has 1 saturated carbocycles. The van der Waals surface area contributed by atoms with E-state index in [1.807, 2.05) is 25.5 Å². The molecule has 1 fully saturated rings.